The SMILES string of the molecule is NC(c1ccncc1)c1ccncc1F. The zero-order valence-corrected chi connectivity index (χ0v) is 7.97. The molecule has 0 spiro atoms. The maximum atomic E-state index is 13.4. The van der Waals surface area contributed by atoms with Crippen molar-refractivity contribution < 1.29 is 4.39 Å². The molecule has 0 aliphatic carbocycles. The summed E-state index contributed by atoms with van der Waals surface area (Å²) in [6.07, 6.45) is 5.96. The summed E-state index contributed by atoms with van der Waals surface area (Å²) in [5.41, 5.74) is 7.19. The Bertz CT molecular complexity index is 445. The molecule has 0 fully saturated rings. The molecule has 0 saturated heterocycles. The lowest BCUT2D eigenvalue weighted by molar-refractivity contribution is 0.593. The van der Waals surface area contributed by atoms with Crippen LogP contribution in [0.3, 0.4) is 0 Å². The summed E-state index contributed by atoms with van der Waals surface area (Å²) >= 11 is 0. The van der Waals surface area contributed by atoms with Crippen LogP contribution in [0.2, 0.25) is 0 Å². The van der Waals surface area contributed by atoms with E-state index < -0.39 is 6.04 Å². The van der Waals surface area contributed by atoms with Gasteiger partial charge in [0.25, 0.3) is 0 Å². The highest BCUT2D eigenvalue weighted by molar-refractivity contribution is 5.29. The van der Waals surface area contributed by atoms with Crippen LogP contribution in [-0.4, -0.2) is 9.97 Å². The van der Waals surface area contributed by atoms with Gasteiger partial charge in [-0.1, -0.05) is 0 Å². The Hall–Kier alpha value is -1.81. The fraction of sp³-hybridized carbons (Fsp3) is 0.0909. The fourth-order valence-electron chi connectivity index (χ4n) is 1.39. The lowest BCUT2D eigenvalue weighted by Crippen LogP contribution is -2.13. The van der Waals surface area contributed by atoms with E-state index in [-0.39, 0.29) is 5.82 Å². The molecule has 2 aromatic heterocycles. The summed E-state index contributed by atoms with van der Waals surface area (Å²) in [6, 6.07) is 4.64. The first-order valence-electron chi connectivity index (χ1n) is 4.54. The second kappa shape index (κ2) is 4.14. The van der Waals surface area contributed by atoms with Crippen LogP contribution in [0.25, 0.3) is 0 Å². The van der Waals surface area contributed by atoms with Gasteiger partial charge >= 0.3 is 0 Å². The van der Waals surface area contributed by atoms with E-state index in [0.717, 1.165) is 11.8 Å². The molecular weight excluding hydrogens is 193 g/mol. The third kappa shape index (κ3) is 1.99. The maximum absolute atomic E-state index is 13.4. The summed E-state index contributed by atoms with van der Waals surface area (Å²) in [6.45, 7) is 0. The van der Waals surface area contributed by atoms with E-state index in [1.807, 2.05) is 0 Å². The molecule has 4 heteroatoms. The molecule has 2 heterocycles. The lowest BCUT2D eigenvalue weighted by Gasteiger charge is -2.12. The van der Waals surface area contributed by atoms with Gasteiger partial charge < -0.3 is 5.73 Å². The Balaban J connectivity index is 2.37. The Morgan fingerprint density at radius 3 is 2.40 bits per heavy atom. The van der Waals surface area contributed by atoms with Crippen molar-refractivity contribution in [3.05, 3.63) is 59.9 Å². The number of nitrogens with two attached hydrogens (primary N) is 1. The Labute approximate surface area is 86.8 Å². The van der Waals surface area contributed by atoms with Crippen molar-refractivity contribution in [2.75, 3.05) is 0 Å². The molecule has 3 nitrogen and oxygen atoms in total. The zero-order chi connectivity index (χ0) is 10.7. The Morgan fingerprint density at radius 2 is 1.73 bits per heavy atom. The minimum atomic E-state index is -0.476. The standard InChI is InChI=1S/C11H10FN3/c12-10-7-15-6-3-9(10)11(13)8-1-4-14-5-2-8/h1-7,11H,13H2. The van der Waals surface area contributed by atoms with Gasteiger partial charge in [-0.3, -0.25) is 9.97 Å². The van der Waals surface area contributed by atoms with Gasteiger partial charge in [-0.15, -0.1) is 0 Å². The average Bonchev–Trinajstić information content (AvgIpc) is 2.30. The van der Waals surface area contributed by atoms with Crippen molar-refractivity contribution >= 4 is 0 Å². The molecule has 0 amide bonds. The van der Waals surface area contributed by atoms with Crippen LogP contribution in [0.1, 0.15) is 17.2 Å². The first kappa shape index (κ1) is 9.73. The smallest absolute Gasteiger partial charge is 0.146 e. The number of aromatic nitrogens is 2. The van der Waals surface area contributed by atoms with Crippen LogP contribution in [-0.2, 0) is 0 Å². The molecule has 1 unspecified atom stereocenters. The first-order chi connectivity index (χ1) is 7.29. The van der Waals surface area contributed by atoms with Crippen LogP contribution >= 0.6 is 0 Å². The van der Waals surface area contributed by atoms with Gasteiger partial charge in [-0.05, 0) is 23.8 Å². The Morgan fingerprint density at radius 1 is 1.07 bits per heavy atom. The molecule has 15 heavy (non-hydrogen) atoms. The molecule has 1 atom stereocenters. The lowest BCUT2D eigenvalue weighted by atomic mass is 10.0. The monoisotopic (exact) mass is 203 g/mol. The van der Waals surface area contributed by atoms with E-state index in [1.165, 1.54) is 6.20 Å². The molecule has 2 rings (SSSR count). The normalized spacial score (nSPS) is 12.4. The van der Waals surface area contributed by atoms with E-state index in [9.17, 15) is 4.39 Å². The van der Waals surface area contributed by atoms with E-state index >= 15 is 0 Å². The highest BCUT2D eigenvalue weighted by atomic mass is 19.1. The van der Waals surface area contributed by atoms with Gasteiger partial charge in [0.05, 0.1) is 12.2 Å². The molecule has 0 radical (unpaired) electrons. The molecule has 0 aliphatic rings. The number of hydrogen-bond acceptors (Lipinski definition) is 3. The van der Waals surface area contributed by atoms with Crippen molar-refractivity contribution in [3.63, 3.8) is 0 Å². The summed E-state index contributed by atoms with van der Waals surface area (Å²) in [5, 5.41) is 0. The van der Waals surface area contributed by atoms with Crippen LogP contribution in [0.4, 0.5) is 4.39 Å². The molecule has 2 N–H and O–H groups in total. The molecule has 76 valence electrons. The van der Waals surface area contributed by atoms with Crippen LogP contribution in [0, 0.1) is 5.82 Å². The summed E-state index contributed by atoms with van der Waals surface area (Å²) in [7, 11) is 0. The van der Waals surface area contributed by atoms with E-state index in [1.54, 1.807) is 30.6 Å². The highest BCUT2D eigenvalue weighted by Gasteiger charge is 2.12. The highest BCUT2D eigenvalue weighted by Crippen LogP contribution is 2.20. The van der Waals surface area contributed by atoms with Gasteiger partial charge in [0, 0.05) is 24.2 Å². The summed E-state index contributed by atoms with van der Waals surface area (Å²) in [5.74, 6) is -0.387. The van der Waals surface area contributed by atoms with Crippen molar-refractivity contribution in [2.24, 2.45) is 5.73 Å². The van der Waals surface area contributed by atoms with Crippen molar-refractivity contribution in [1.82, 2.24) is 9.97 Å². The quantitative estimate of drug-likeness (QED) is 0.807. The number of rotatable bonds is 2. The van der Waals surface area contributed by atoms with E-state index in [4.69, 9.17) is 5.73 Å². The molecule has 0 aliphatic heterocycles. The molecule has 0 aromatic carbocycles. The van der Waals surface area contributed by atoms with Crippen LogP contribution < -0.4 is 5.73 Å². The van der Waals surface area contributed by atoms with Gasteiger partial charge in [0.15, 0.2) is 0 Å². The van der Waals surface area contributed by atoms with Crippen molar-refractivity contribution in [2.45, 2.75) is 6.04 Å². The fourth-order valence-corrected chi connectivity index (χ4v) is 1.39. The van der Waals surface area contributed by atoms with Gasteiger partial charge in [-0.25, -0.2) is 4.39 Å². The largest absolute Gasteiger partial charge is 0.320 e. The second-order valence-corrected chi connectivity index (χ2v) is 3.16. The summed E-state index contributed by atoms with van der Waals surface area (Å²) in [4.78, 5) is 7.56. The molecule has 0 bridgehead atoms. The number of hydrogen-bond donors (Lipinski definition) is 1. The predicted molar refractivity (Wildman–Crippen MR) is 54.5 cm³/mol. The average molecular weight is 203 g/mol. The van der Waals surface area contributed by atoms with Crippen LogP contribution in [0.5, 0.6) is 0 Å². The Kier molecular flexibility index (Phi) is 2.69. The second-order valence-electron chi connectivity index (χ2n) is 3.16. The molecule has 0 saturated carbocycles. The first-order valence-corrected chi connectivity index (χ1v) is 4.54. The molecule has 2 aromatic rings. The number of halogens is 1. The van der Waals surface area contributed by atoms with Gasteiger partial charge in [0.2, 0.25) is 0 Å². The summed E-state index contributed by atoms with van der Waals surface area (Å²) < 4.78 is 13.4. The van der Waals surface area contributed by atoms with Gasteiger partial charge in [-0.2, -0.15) is 0 Å². The number of pyridine rings is 2. The predicted octanol–water partition coefficient (Wildman–Crippen LogP) is 1.66. The zero-order valence-electron chi connectivity index (χ0n) is 7.97. The van der Waals surface area contributed by atoms with E-state index in [0.29, 0.717) is 5.56 Å². The number of nitrogens with zero attached hydrogens (tertiary/aromatic N) is 2. The minimum Gasteiger partial charge on any atom is -0.320 e. The van der Waals surface area contributed by atoms with Gasteiger partial charge in [0.1, 0.15) is 5.82 Å². The van der Waals surface area contributed by atoms with Crippen molar-refractivity contribution in [3.8, 4) is 0 Å². The minimum absolute atomic E-state index is 0.387. The van der Waals surface area contributed by atoms with E-state index in [2.05, 4.69) is 9.97 Å². The van der Waals surface area contributed by atoms with Crippen LogP contribution in [0.15, 0.2) is 43.0 Å². The third-order valence-corrected chi connectivity index (χ3v) is 2.20. The van der Waals surface area contributed by atoms with Crippen molar-refractivity contribution in [1.29, 1.82) is 0 Å². The topological polar surface area (TPSA) is 51.8 Å². The third-order valence-electron chi connectivity index (χ3n) is 2.20. The molecular formula is C11H10FN3. The maximum Gasteiger partial charge on any atom is 0.146 e.